The van der Waals surface area contributed by atoms with Crippen LogP contribution in [0.1, 0.15) is 41.3 Å². The van der Waals surface area contributed by atoms with Crippen molar-refractivity contribution in [2.75, 3.05) is 11.3 Å². The van der Waals surface area contributed by atoms with Crippen LogP contribution in [0.2, 0.25) is 0 Å². The van der Waals surface area contributed by atoms with Crippen molar-refractivity contribution in [1.82, 2.24) is 5.32 Å². The first-order chi connectivity index (χ1) is 17.6. The van der Waals surface area contributed by atoms with Crippen LogP contribution in [-0.2, 0) is 16.4 Å². The quantitative estimate of drug-likeness (QED) is 0.211. The maximum Gasteiger partial charge on any atom is 0.265 e. The molecule has 0 saturated carbocycles. The standard InChI is InChI=1S/C28H28N2O6S/c1-17(2)23-16-24(26(32)27(33)25(23)31)37(35,36)30-22-11-10-19-14-21(9-8-20(19)15-22)28(34)29-13-12-18-6-4-3-5-7-18/h3-11,14-17,30-33H,12-13H2,1-2H3,(H,29,34). The van der Waals surface area contributed by atoms with E-state index in [1.165, 1.54) is 6.07 Å². The second-order valence-corrected chi connectivity index (χ2v) is 10.7. The second-order valence-electron chi connectivity index (χ2n) is 9.04. The number of phenolic OH excluding ortho intramolecular Hbond substituents is 3. The molecule has 0 aliphatic rings. The van der Waals surface area contributed by atoms with E-state index < -0.39 is 32.2 Å². The lowest BCUT2D eigenvalue weighted by Crippen LogP contribution is -2.25. The molecule has 5 N–H and O–H groups in total. The molecule has 0 heterocycles. The second kappa shape index (κ2) is 10.4. The summed E-state index contributed by atoms with van der Waals surface area (Å²) < 4.78 is 28.5. The van der Waals surface area contributed by atoms with Gasteiger partial charge in [0.15, 0.2) is 11.5 Å². The summed E-state index contributed by atoms with van der Waals surface area (Å²) in [5.74, 6) is -2.88. The Bertz CT molecular complexity index is 1570. The van der Waals surface area contributed by atoms with Gasteiger partial charge in [-0.2, -0.15) is 0 Å². The molecule has 0 saturated heterocycles. The number of sulfonamides is 1. The number of hydrogen-bond acceptors (Lipinski definition) is 6. The van der Waals surface area contributed by atoms with Gasteiger partial charge in [0.05, 0.1) is 0 Å². The zero-order chi connectivity index (χ0) is 26.7. The van der Waals surface area contributed by atoms with Crippen molar-refractivity contribution in [2.45, 2.75) is 31.1 Å². The Hall–Kier alpha value is -4.24. The molecular weight excluding hydrogens is 492 g/mol. The normalized spacial score (nSPS) is 11.5. The summed E-state index contributed by atoms with van der Waals surface area (Å²) in [7, 11) is -4.30. The Balaban J connectivity index is 1.52. The summed E-state index contributed by atoms with van der Waals surface area (Å²) in [6.45, 7) is 3.94. The van der Waals surface area contributed by atoms with Crippen molar-refractivity contribution >= 4 is 32.4 Å². The number of phenols is 3. The summed E-state index contributed by atoms with van der Waals surface area (Å²) in [5, 5.41) is 34.7. The number of rotatable bonds is 8. The summed E-state index contributed by atoms with van der Waals surface area (Å²) in [6, 6.07) is 20.9. The third kappa shape index (κ3) is 5.62. The van der Waals surface area contributed by atoms with Crippen molar-refractivity contribution in [3.63, 3.8) is 0 Å². The number of fused-ring (bicyclic) bond motifs is 1. The van der Waals surface area contributed by atoms with E-state index in [-0.39, 0.29) is 23.1 Å². The predicted octanol–water partition coefficient (Wildman–Crippen LogP) is 4.85. The van der Waals surface area contributed by atoms with E-state index in [1.54, 1.807) is 44.2 Å². The molecule has 4 aromatic carbocycles. The molecule has 0 atom stereocenters. The van der Waals surface area contributed by atoms with Crippen LogP contribution in [0.3, 0.4) is 0 Å². The molecule has 0 aliphatic heterocycles. The van der Waals surface area contributed by atoms with Gasteiger partial charge in [-0.25, -0.2) is 8.42 Å². The fourth-order valence-electron chi connectivity index (χ4n) is 4.02. The Morgan fingerprint density at radius 1 is 0.838 bits per heavy atom. The van der Waals surface area contributed by atoms with Crippen molar-refractivity contribution in [2.24, 2.45) is 0 Å². The molecule has 0 aromatic heterocycles. The summed E-state index contributed by atoms with van der Waals surface area (Å²) in [6.07, 6.45) is 0.719. The monoisotopic (exact) mass is 520 g/mol. The topological polar surface area (TPSA) is 136 Å². The van der Waals surface area contributed by atoms with E-state index in [0.29, 0.717) is 17.5 Å². The highest BCUT2D eigenvalue weighted by Gasteiger charge is 2.27. The lowest BCUT2D eigenvalue weighted by molar-refractivity contribution is 0.0954. The van der Waals surface area contributed by atoms with E-state index in [2.05, 4.69) is 10.0 Å². The number of carbonyl (C=O) groups excluding carboxylic acids is 1. The van der Waals surface area contributed by atoms with Gasteiger partial charge in [-0.1, -0.05) is 56.3 Å². The average molecular weight is 521 g/mol. The number of aromatic hydroxyl groups is 3. The predicted molar refractivity (Wildman–Crippen MR) is 143 cm³/mol. The molecular formula is C28H28N2O6S. The summed E-state index contributed by atoms with van der Waals surface area (Å²) in [5.41, 5.74) is 2.03. The van der Waals surface area contributed by atoms with Gasteiger partial charge in [-0.15, -0.1) is 0 Å². The molecule has 37 heavy (non-hydrogen) atoms. The first-order valence-corrected chi connectivity index (χ1v) is 13.2. The van der Waals surface area contributed by atoms with E-state index >= 15 is 0 Å². The van der Waals surface area contributed by atoms with E-state index in [4.69, 9.17) is 0 Å². The molecule has 0 unspecified atom stereocenters. The van der Waals surface area contributed by atoms with Crippen LogP contribution < -0.4 is 10.0 Å². The van der Waals surface area contributed by atoms with Crippen molar-refractivity contribution < 1.29 is 28.5 Å². The smallest absolute Gasteiger partial charge is 0.265 e. The Morgan fingerprint density at radius 2 is 1.51 bits per heavy atom. The van der Waals surface area contributed by atoms with Gasteiger partial charge < -0.3 is 20.6 Å². The Labute approximate surface area is 215 Å². The van der Waals surface area contributed by atoms with Gasteiger partial charge >= 0.3 is 0 Å². The minimum Gasteiger partial charge on any atom is -0.504 e. The van der Waals surface area contributed by atoms with Crippen LogP contribution in [-0.4, -0.2) is 36.2 Å². The maximum absolute atomic E-state index is 13.0. The van der Waals surface area contributed by atoms with Crippen LogP contribution in [0.4, 0.5) is 5.69 Å². The van der Waals surface area contributed by atoms with Crippen molar-refractivity contribution in [1.29, 1.82) is 0 Å². The fourth-order valence-corrected chi connectivity index (χ4v) is 5.20. The number of amides is 1. The van der Waals surface area contributed by atoms with Crippen molar-refractivity contribution in [3.8, 4) is 17.2 Å². The van der Waals surface area contributed by atoms with Gasteiger partial charge in [0.1, 0.15) is 4.90 Å². The molecule has 192 valence electrons. The largest absolute Gasteiger partial charge is 0.504 e. The number of carbonyl (C=O) groups is 1. The highest BCUT2D eigenvalue weighted by atomic mass is 32.2. The van der Waals surface area contributed by atoms with E-state index in [0.717, 1.165) is 23.4 Å². The first kappa shape index (κ1) is 25.8. The minimum absolute atomic E-state index is 0.184. The van der Waals surface area contributed by atoms with E-state index in [9.17, 15) is 28.5 Å². The zero-order valence-electron chi connectivity index (χ0n) is 20.4. The molecule has 0 spiro atoms. The minimum atomic E-state index is -4.30. The molecule has 9 heteroatoms. The molecule has 8 nitrogen and oxygen atoms in total. The van der Waals surface area contributed by atoms with Crippen LogP contribution in [0.5, 0.6) is 17.2 Å². The lowest BCUT2D eigenvalue weighted by atomic mass is 10.0. The van der Waals surface area contributed by atoms with Crippen LogP contribution in [0, 0.1) is 0 Å². The SMILES string of the molecule is CC(C)c1cc(S(=O)(=O)Nc2ccc3cc(C(=O)NCCc4ccccc4)ccc3c2)c(O)c(O)c1O. The number of benzene rings is 4. The number of hydrogen-bond donors (Lipinski definition) is 5. The molecule has 0 aliphatic carbocycles. The van der Waals surface area contributed by atoms with Crippen LogP contribution in [0.25, 0.3) is 10.8 Å². The van der Waals surface area contributed by atoms with E-state index in [1.807, 2.05) is 30.3 Å². The van der Waals surface area contributed by atoms with Gasteiger partial charge in [0, 0.05) is 23.4 Å². The molecule has 0 radical (unpaired) electrons. The average Bonchev–Trinajstić information content (AvgIpc) is 2.87. The van der Waals surface area contributed by atoms with Crippen LogP contribution in [0.15, 0.2) is 77.7 Å². The Morgan fingerprint density at radius 3 is 2.22 bits per heavy atom. The fraction of sp³-hybridized carbons (Fsp3) is 0.179. The molecule has 4 rings (SSSR count). The number of nitrogens with one attached hydrogen (secondary N) is 2. The maximum atomic E-state index is 13.0. The first-order valence-electron chi connectivity index (χ1n) is 11.7. The molecule has 0 fully saturated rings. The highest BCUT2D eigenvalue weighted by molar-refractivity contribution is 7.92. The van der Waals surface area contributed by atoms with Gasteiger partial charge in [-0.05, 0) is 59.0 Å². The van der Waals surface area contributed by atoms with Crippen LogP contribution >= 0.6 is 0 Å². The summed E-state index contributed by atoms with van der Waals surface area (Å²) in [4.78, 5) is 12.0. The molecule has 1 amide bonds. The van der Waals surface area contributed by atoms with Gasteiger partial charge in [0.2, 0.25) is 5.75 Å². The number of anilines is 1. The Kier molecular flexibility index (Phi) is 7.26. The summed E-state index contributed by atoms with van der Waals surface area (Å²) >= 11 is 0. The highest BCUT2D eigenvalue weighted by Crippen LogP contribution is 2.45. The third-order valence-corrected chi connectivity index (χ3v) is 7.44. The third-order valence-electron chi connectivity index (χ3n) is 6.05. The van der Waals surface area contributed by atoms with Crippen molar-refractivity contribution in [3.05, 3.63) is 89.5 Å². The van der Waals surface area contributed by atoms with Gasteiger partial charge in [-0.3, -0.25) is 9.52 Å². The zero-order valence-corrected chi connectivity index (χ0v) is 21.2. The van der Waals surface area contributed by atoms with Gasteiger partial charge in [0.25, 0.3) is 15.9 Å². The lowest BCUT2D eigenvalue weighted by Gasteiger charge is -2.16. The molecule has 4 aromatic rings. The molecule has 0 bridgehead atoms.